The molecule has 1 aliphatic heterocycles. The van der Waals surface area contributed by atoms with Gasteiger partial charge in [-0.05, 0) is 23.8 Å². The number of hydrogen-bond donors (Lipinski definition) is 2. The molecule has 32 heavy (non-hydrogen) atoms. The maximum atomic E-state index is 14.2. The van der Waals surface area contributed by atoms with Gasteiger partial charge in [0.2, 0.25) is 11.8 Å². The van der Waals surface area contributed by atoms with Gasteiger partial charge < -0.3 is 14.8 Å². The molecule has 0 fully saturated rings. The lowest BCUT2D eigenvalue weighted by atomic mass is 10.0. The molecule has 1 aliphatic rings. The molecule has 0 aliphatic carbocycles. The van der Waals surface area contributed by atoms with Crippen molar-refractivity contribution in [3.63, 3.8) is 0 Å². The van der Waals surface area contributed by atoms with Gasteiger partial charge in [0.1, 0.15) is 15.7 Å². The third kappa shape index (κ3) is 4.24. The first-order valence-corrected chi connectivity index (χ1v) is 11.3. The monoisotopic (exact) mass is 480 g/mol. The van der Waals surface area contributed by atoms with Crippen molar-refractivity contribution in [2.24, 2.45) is 9.50 Å². The van der Waals surface area contributed by atoms with Gasteiger partial charge in [0.15, 0.2) is 9.92 Å². The Bertz CT molecular complexity index is 1320. The number of methoxy groups -OCH3 is 1. The summed E-state index contributed by atoms with van der Waals surface area (Å²) in [6.45, 7) is 0.965. The molecule has 4 rings (SSSR count). The van der Waals surface area contributed by atoms with E-state index in [4.69, 9.17) is 26.2 Å². The van der Waals surface area contributed by atoms with Crippen molar-refractivity contribution >= 4 is 33.2 Å². The fourth-order valence-corrected chi connectivity index (χ4v) is 4.36. The van der Waals surface area contributed by atoms with E-state index in [0.29, 0.717) is 30.2 Å². The van der Waals surface area contributed by atoms with Crippen molar-refractivity contribution in [2.45, 2.75) is 17.9 Å². The zero-order valence-electron chi connectivity index (χ0n) is 16.7. The Morgan fingerprint density at radius 2 is 2.25 bits per heavy atom. The van der Waals surface area contributed by atoms with Crippen LogP contribution in [-0.2, 0) is 16.5 Å². The summed E-state index contributed by atoms with van der Waals surface area (Å²) in [5.41, 5.74) is 0.842. The second-order valence-electron chi connectivity index (χ2n) is 6.70. The van der Waals surface area contributed by atoms with Crippen molar-refractivity contribution < 1.29 is 22.9 Å². The SMILES string of the molecule is COc1cc(-c2ccc(F)c(Cl)c2NC(=O)N=[S@@](N)(=O)c2cnn3c2OCCC3)ccn1. The van der Waals surface area contributed by atoms with Gasteiger partial charge in [-0.2, -0.15) is 5.10 Å². The first-order valence-electron chi connectivity index (χ1n) is 9.33. The normalized spacial score (nSPS) is 14.6. The molecule has 0 saturated carbocycles. The molecule has 3 N–H and O–H groups in total. The molecular formula is C19H18ClFN6O4S. The molecule has 0 bridgehead atoms. The number of ether oxygens (including phenoxy) is 2. The molecule has 2 aromatic heterocycles. The molecule has 0 saturated heterocycles. The number of carbonyl (C=O) groups excluding carboxylic acids is 1. The van der Waals surface area contributed by atoms with Gasteiger partial charge >= 0.3 is 6.03 Å². The number of urea groups is 1. The molecule has 3 heterocycles. The number of aromatic nitrogens is 3. The fraction of sp³-hybridized carbons (Fsp3) is 0.211. The van der Waals surface area contributed by atoms with Gasteiger partial charge in [0, 0.05) is 30.8 Å². The number of pyridine rings is 1. The summed E-state index contributed by atoms with van der Waals surface area (Å²) in [7, 11) is -2.25. The summed E-state index contributed by atoms with van der Waals surface area (Å²) in [6.07, 6.45) is 3.47. The van der Waals surface area contributed by atoms with Gasteiger partial charge in [0.25, 0.3) is 0 Å². The summed E-state index contributed by atoms with van der Waals surface area (Å²) >= 11 is 6.12. The summed E-state index contributed by atoms with van der Waals surface area (Å²) in [5.74, 6) is -0.256. The van der Waals surface area contributed by atoms with E-state index in [1.165, 1.54) is 30.3 Å². The number of halogens is 2. The van der Waals surface area contributed by atoms with E-state index in [0.717, 1.165) is 12.5 Å². The highest BCUT2D eigenvalue weighted by atomic mass is 35.5. The summed E-state index contributed by atoms with van der Waals surface area (Å²) in [5, 5.41) is 12.0. The molecule has 168 valence electrons. The molecule has 13 heteroatoms. The summed E-state index contributed by atoms with van der Waals surface area (Å²) < 4.78 is 42.8. The predicted molar refractivity (Wildman–Crippen MR) is 116 cm³/mol. The number of nitrogens with zero attached hydrogens (tertiary/aromatic N) is 4. The maximum absolute atomic E-state index is 14.2. The summed E-state index contributed by atoms with van der Waals surface area (Å²) in [4.78, 5) is 16.7. The van der Waals surface area contributed by atoms with Crippen LogP contribution in [0.2, 0.25) is 5.02 Å². The highest BCUT2D eigenvalue weighted by Gasteiger charge is 2.24. The Balaban J connectivity index is 1.71. The number of aryl methyl sites for hydroxylation is 1. The lowest BCUT2D eigenvalue weighted by Crippen LogP contribution is -2.21. The third-order valence-corrected chi connectivity index (χ3v) is 6.34. The largest absolute Gasteiger partial charge is 0.481 e. The highest BCUT2D eigenvalue weighted by molar-refractivity contribution is 7.91. The number of rotatable bonds is 4. The van der Waals surface area contributed by atoms with Gasteiger partial charge in [0.05, 0.1) is 25.6 Å². The molecule has 0 unspecified atom stereocenters. The van der Waals surface area contributed by atoms with Crippen LogP contribution < -0.4 is 19.9 Å². The minimum Gasteiger partial charge on any atom is -0.481 e. The van der Waals surface area contributed by atoms with Gasteiger partial charge in [-0.15, -0.1) is 4.36 Å². The topological polar surface area (TPSA) is 134 Å². The molecule has 1 atom stereocenters. The van der Waals surface area contributed by atoms with Crippen LogP contribution >= 0.6 is 11.6 Å². The van der Waals surface area contributed by atoms with Gasteiger partial charge in [-0.3, -0.25) is 0 Å². The number of nitrogens with two attached hydrogens (primary N) is 1. The maximum Gasteiger partial charge on any atom is 0.354 e. The minimum absolute atomic E-state index is 0.00298. The van der Waals surface area contributed by atoms with E-state index in [1.54, 1.807) is 12.1 Å². The first-order chi connectivity index (χ1) is 15.3. The molecule has 3 aromatic rings. The Morgan fingerprint density at radius 3 is 3.03 bits per heavy atom. The first kappa shape index (κ1) is 22.0. The standard InChI is InChI=1S/C19H18ClFN6O4S/c1-30-15-9-11(5-6-23-15)12-3-4-13(21)16(20)17(12)25-19(28)26-32(22,29)14-10-24-27-7-2-8-31-18(14)27/h3-6,9-10H,2,7-8H2,1H3,(H3,22,25,26,28,29)/t32-/m1/s1. The van der Waals surface area contributed by atoms with Crippen LogP contribution in [0.1, 0.15) is 6.42 Å². The van der Waals surface area contributed by atoms with Crippen molar-refractivity contribution in [1.29, 1.82) is 0 Å². The highest BCUT2D eigenvalue weighted by Crippen LogP contribution is 2.37. The number of nitrogens with one attached hydrogen (secondary N) is 1. The Labute approximate surface area is 187 Å². The number of benzene rings is 1. The van der Waals surface area contributed by atoms with E-state index >= 15 is 0 Å². The lowest BCUT2D eigenvalue weighted by molar-refractivity contribution is 0.224. The van der Waals surface area contributed by atoms with Crippen LogP contribution in [0.3, 0.4) is 0 Å². The average molecular weight is 481 g/mol. The number of carbonyl (C=O) groups is 1. The number of anilines is 1. The lowest BCUT2D eigenvalue weighted by Gasteiger charge is -2.16. The van der Waals surface area contributed by atoms with Crippen LogP contribution in [0.25, 0.3) is 11.1 Å². The van der Waals surface area contributed by atoms with Crippen molar-refractivity contribution in [1.82, 2.24) is 14.8 Å². The Morgan fingerprint density at radius 1 is 1.44 bits per heavy atom. The van der Waals surface area contributed by atoms with Crippen molar-refractivity contribution in [2.75, 3.05) is 19.0 Å². The van der Waals surface area contributed by atoms with E-state index < -0.39 is 21.8 Å². The van der Waals surface area contributed by atoms with Crippen LogP contribution in [0.15, 0.2) is 45.9 Å². The van der Waals surface area contributed by atoms with Crippen LogP contribution in [-0.4, -0.2) is 38.7 Å². The quantitative estimate of drug-likeness (QED) is 0.587. The minimum atomic E-state index is -3.70. The van der Waals surface area contributed by atoms with Crippen LogP contribution in [0.4, 0.5) is 14.9 Å². The van der Waals surface area contributed by atoms with Crippen LogP contribution in [0, 0.1) is 5.82 Å². The zero-order valence-corrected chi connectivity index (χ0v) is 18.3. The molecule has 2 amide bonds. The number of hydrogen-bond acceptors (Lipinski definition) is 6. The smallest absolute Gasteiger partial charge is 0.354 e. The molecule has 0 radical (unpaired) electrons. The molecule has 1 aromatic carbocycles. The average Bonchev–Trinajstić information content (AvgIpc) is 3.22. The van der Waals surface area contributed by atoms with E-state index in [-0.39, 0.29) is 21.5 Å². The number of amides is 2. The molecule has 0 spiro atoms. The van der Waals surface area contributed by atoms with E-state index in [2.05, 4.69) is 19.8 Å². The third-order valence-electron chi connectivity index (χ3n) is 4.63. The second kappa shape index (κ2) is 8.73. The van der Waals surface area contributed by atoms with E-state index in [1.807, 2.05) is 0 Å². The van der Waals surface area contributed by atoms with Gasteiger partial charge in [-0.1, -0.05) is 11.6 Å². The second-order valence-corrected chi connectivity index (χ2v) is 8.84. The fourth-order valence-electron chi connectivity index (χ4n) is 3.15. The van der Waals surface area contributed by atoms with Crippen LogP contribution in [0.5, 0.6) is 11.8 Å². The van der Waals surface area contributed by atoms with Crippen molar-refractivity contribution in [3.8, 4) is 22.9 Å². The molecular weight excluding hydrogens is 463 g/mol. The van der Waals surface area contributed by atoms with E-state index in [9.17, 15) is 13.4 Å². The predicted octanol–water partition coefficient (Wildman–Crippen LogP) is 3.46. The van der Waals surface area contributed by atoms with Crippen molar-refractivity contribution in [3.05, 3.63) is 47.5 Å². The Hall–Kier alpha value is -3.22. The summed E-state index contributed by atoms with van der Waals surface area (Å²) in [6, 6.07) is 4.70. The number of fused-ring (bicyclic) bond motifs is 1. The van der Waals surface area contributed by atoms with Gasteiger partial charge in [-0.25, -0.2) is 28.2 Å². The molecule has 10 nitrogen and oxygen atoms in total. The zero-order chi connectivity index (χ0) is 22.9. The Kier molecular flexibility index (Phi) is 6.00.